The zero-order chi connectivity index (χ0) is 9.26. The van der Waals surface area contributed by atoms with Gasteiger partial charge in [-0.3, -0.25) is 18.8 Å². The maximum atomic E-state index is 4.39. The third-order valence-corrected chi connectivity index (χ3v) is 1.91. The summed E-state index contributed by atoms with van der Waals surface area (Å²) in [5, 5.41) is 1.08. The van der Waals surface area contributed by atoms with Gasteiger partial charge in [-0.15, -0.1) is 0 Å². The Balaban J connectivity index is -0.000000196. The molecule has 3 nitrogen and oxygen atoms in total. The van der Waals surface area contributed by atoms with Crippen molar-refractivity contribution in [3.63, 3.8) is 0 Å². The predicted octanol–water partition coefficient (Wildman–Crippen LogP) is 1.93. The van der Waals surface area contributed by atoms with E-state index in [0.717, 1.165) is 16.9 Å². The van der Waals surface area contributed by atoms with Crippen LogP contribution in [0.15, 0.2) is 30.5 Å². The van der Waals surface area contributed by atoms with E-state index < -0.39 is 0 Å². The molecule has 101 valence electrons. The van der Waals surface area contributed by atoms with E-state index in [1.807, 2.05) is 43.3 Å². The van der Waals surface area contributed by atoms with Gasteiger partial charge in [-0.25, -0.2) is 9.97 Å². The zero-order valence-electron chi connectivity index (χ0n) is 9.94. The summed E-state index contributed by atoms with van der Waals surface area (Å²) in [6.45, 7) is 0. The smallest absolute Gasteiger partial charge is 0.161 e. The van der Waals surface area contributed by atoms with E-state index in [9.17, 15) is 0 Å². The molecule has 0 saturated carbocycles. The Kier molecular flexibility index (Phi) is 14.4. The largest absolute Gasteiger partial charge is 0.363 e. The van der Waals surface area contributed by atoms with Crippen LogP contribution in [0.2, 0.25) is 0 Å². The van der Waals surface area contributed by atoms with Crippen molar-refractivity contribution >= 4 is 25.3 Å². The lowest BCUT2D eigenvalue weighted by Gasteiger charge is -2.10. The first-order valence-electron chi connectivity index (χ1n) is 4.16. The van der Waals surface area contributed by atoms with Gasteiger partial charge in [0.25, 0.3) is 0 Å². The number of fused-ring (bicyclic) bond motifs is 1. The molecule has 2 aromatic rings. The van der Waals surface area contributed by atoms with Gasteiger partial charge in [0.15, 0.2) is 5.65 Å². The normalized spacial score (nSPS) is 7.44. The number of nitrogens with zero attached hydrogens (tertiary/aromatic N) is 3. The van der Waals surface area contributed by atoms with E-state index in [1.165, 1.54) is 0 Å². The topological polar surface area (TPSA) is 29.0 Å². The average molecular weight is 264 g/mol. The zero-order valence-corrected chi connectivity index (χ0v) is 9.94. The van der Waals surface area contributed by atoms with E-state index in [0.29, 0.717) is 0 Å². The Bertz CT molecular complexity index is 442. The van der Waals surface area contributed by atoms with Gasteiger partial charge < -0.3 is 4.90 Å². The molecule has 8 heteroatoms. The van der Waals surface area contributed by atoms with Crippen LogP contribution in [0.4, 0.5) is 24.6 Å². The van der Waals surface area contributed by atoms with Crippen LogP contribution in [-0.4, -0.2) is 32.5 Å². The molecule has 0 bridgehead atoms. The summed E-state index contributed by atoms with van der Waals surface area (Å²) < 4.78 is 0. The standard InChI is InChI=1S/C10H11N3.B.4FH/c1-13(2)9-6-5-8-4-3-7-11-10(8)12-9;;;;;/h3-7H,1-2H3;;4*1H. The minimum absolute atomic E-state index is 0. The number of anilines is 1. The molecule has 0 saturated heterocycles. The molecular formula is C10H15BF4N3. The van der Waals surface area contributed by atoms with Crippen molar-refractivity contribution in [1.82, 2.24) is 9.97 Å². The van der Waals surface area contributed by atoms with Crippen molar-refractivity contribution < 1.29 is 18.8 Å². The minimum Gasteiger partial charge on any atom is -0.363 e. The van der Waals surface area contributed by atoms with E-state index >= 15 is 0 Å². The fourth-order valence-corrected chi connectivity index (χ4v) is 1.19. The van der Waals surface area contributed by atoms with Gasteiger partial charge in [0, 0.05) is 34.1 Å². The van der Waals surface area contributed by atoms with Crippen LogP contribution in [-0.2, 0) is 0 Å². The Labute approximate surface area is 104 Å². The van der Waals surface area contributed by atoms with Gasteiger partial charge in [-0.05, 0) is 24.3 Å². The van der Waals surface area contributed by atoms with E-state index in [2.05, 4.69) is 9.97 Å². The molecule has 18 heavy (non-hydrogen) atoms. The van der Waals surface area contributed by atoms with Gasteiger partial charge in [0.2, 0.25) is 0 Å². The number of pyridine rings is 2. The summed E-state index contributed by atoms with van der Waals surface area (Å²) in [5.41, 5.74) is 0.800. The minimum atomic E-state index is 0. The first kappa shape index (κ1) is 25.1. The second-order valence-electron chi connectivity index (χ2n) is 3.11. The molecule has 0 aromatic carbocycles. The summed E-state index contributed by atoms with van der Waals surface area (Å²) in [6, 6.07) is 7.95. The first-order valence-corrected chi connectivity index (χ1v) is 4.16. The third kappa shape index (κ3) is 4.98. The van der Waals surface area contributed by atoms with Gasteiger partial charge in [-0.2, -0.15) is 0 Å². The molecule has 0 atom stereocenters. The molecule has 0 amide bonds. The maximum Gasteiger partial charge on any atom is 0.161 e. The van der Waals surface area contributed by atoms with Crippen LogP contribution in [0, 0.1) is 0 Å². The van der Waals surface area contributed by atoms with Crippen molar-refractivity contribution in [3.05, 3.63) is 30.5 Å². The van der Waals surface area contributed by atoms with Crippen LogP contribution in [0.25, 0.3) is 11.0 Å². The van der Waals surface area contributed by atoms with Crippen LogP contribution in [0.5, 0.6) is 0 Å². The molecule has 0 aliphatic carbocycles. The summed E-state index contributed by atoms with van der Waals surface area (Å²) in [4.78, 5) is 10.5. The van der Waals surface area contributed by atoms with Crippen molar-refractivity contribution in [2.75, 3.05) is 19.0 Å². The van der Waals surface area contributed by atoms with Crippen molar-refractivity contribution in [1.29, 1.82) is 0 Å². The quantitative estimate of drug-likeness (QED) is 0.582. The summed E-state index contributed by atoms with van der Waals surface area (Å²) in [6.07, 6.45) is 1.76. The van der Waals surface area contributed by atoms with Crippen LogP contribution in [0.3, 0.4) is 0 Å². The summed E-state index contributed by atoms with van der Waals surface area (Å²) >= 11 is 0. The number of rotatable bonds is 1. The Morgan fingerprint density at radius 2 is 1.56 bits per heavy atom. The highest BCUT2D eigenvalue weighted by atomic mass is 19.0. The van der Waals surface area contributed by atoms with Gasteiger partial charge >= 0.3 is 0 Å². The lowest BCUT2D eigenvalue weighted by Crippen LogP contribution is -2.10. The Hall–Kier alpha value is -1.86. The fourth-order valence-electron chi connectivity index (χ4n) is 1.19. The number of halogens is 4. The SMILES string of the molecule is CN(C)c1ccc2cccnc2n1.F.F.F.F.[B]. The van der Waals surface area contributed by atoms with Crippen LogP contribution < -0.4 is 4.90 Å². The molecule has 0 aliphatic heterocycles. The monoisotopic (exact) mass is 264 g/mol. The molecule has 0 aliphatic rings. The van der Waals surface area contributed by atoms with E-state index in [-0.39, 0.29) is 27.2 Å². The highest BCUT2D eigenvalue weighted by molar-refractivity contribution is 5.76. The third-order valence-electron chi connectivity index (χ3n) is 1.91. The molecular weight excluding hydrogens is 249 g/mol. The second-order valence-corrected chi connectivity index (χ2v) is 3.11. The fraction of sp³-hybridized carbons (Fsp3) is 0.200. The Morgan fingerprint density at radius 3 is 2.11 bits per heavy atom. The van der Waals surface area contributed by atoms with Crippen LogP contribution >= 0.6 is 0 Å². The second kappa shape index (κ2) is 10.3. The molecule has 0 N–H and O–H groups in total. The Morgan fingerprint density at radius 1 is 0.944 bits per heavy atom. The molecule has 2 heterocycles. The maximum absolute atomic E-state index is 4.39. The highest BCUT2D eigenvalue weighted by Gasteiger charge is 1.98. The first-order chi connectivity index (χ1) is 6.27. The molecule has 2 aromatic heterocycles. The molecule has 0 spiro atoms. The highest BCUT2D eigenvalue weighted by Crippen LogP contribution is 2.13. The van der Waals surface area contributed by atoms with Crippen molar-refractivity contribution in [2.45, 2.75) is 0 Å². The van der Waals surface area contributed by atoms with Crippen molar-refractivity contribution in [2.24, 2.45) is 0 Å². The number of hydrogen-bond donors (Lipinski definition) is 0. The van der Waals surface area contributed by atoms with Gasteiger partial charge in [0.1, 0.15) is 5.82 Å². The lowest BCUT2D eigenvalue weighted by atomic mass is 10.3. The molecule has 2 rings (SSSR count). The molecule has 3 radical (unpaired) electrons. The average Bonchev–Trinajstić information content (AvgIpc) is 2.17. The summed E-state index contributed by atoms with van der Waals surface area (Å²) in [5.74, 6) is 0.936. The van der Waals surface area contributed by atoms with Crippen molar-refractivity contribution in [3.8, 4) is 0 Å². The molecule has 0 fully saturated rings. The van der Waals surface area contributed by atoms with E-state index in [1.54, 1.807) is 6.20 Å². The van der Waals surface area contributed by atoms with Gasteiger partial charge in [0.05, 0.1) is 0 Å². The number of hydrogen-bond acceptors (Lipinski definition) is 3. The number of aromatic nitrogens is 2. The predicted molar refractivity (Wildman–Crippen MR) is 69.6 cm³/mol. The van der Waals surface area contributed by atoms with Gasteiger partial charge in [-0.1, -0.05) is 0 Å². The van der Waals surface area contributed by atoms with E-state index in [4.69, 9.17) is 0 Å². The summed E-state index contributed by atoms with van der Waals surface area (Å²) in [7, 11) is 3.94. The molecule has 0 unspecified atom stereocenters. The lowest BCUT2D eigenvalue weighted by molar-refractivity contribution is 1.07. The van der Waals surface area contributed by atoms with Crippen LogP contribution in [0.1, 0.15) is 0 Å².